The van der Waals surface area contributed by atoms with Crippen LogP contribution in [0.3, 0.4) is 0 Å². The maximum absolute atomic E-state index is 13.7. The summed E-state index contributed by atoms with van der Waals surface area (Å²) in [7, 11) is 0. The number of hydrogen-bond acceptors (Lipinski definition) is 5. The van der Waals surface area contributed by atoms with Gasteiger partial charge < -0.3 is 5.11 Å². The highest BCUT2D eigenvalue weighted by Gasteiger charge is 2.35. The molecule has 1 N–H and O–H groups in total. The van der Waals surface area contributed by atoms with Crippen molar-refractivity contribution in [3.63, 3.8) is 0 Å². The first-order chi connectivity index (χ1) is 18.4. The van der Waals surface area contributed by atoms with E-state index in [9.17, 15) is 29.1 Å². The van der Waals surface area contributed by atoms with Crippen molar-refractivity contribution in [1.29, 1.82) is 0 Å². The summed E-state index contributed by atoms with van der Waals surface area (Å²) < 4.78 is 0. The van der Waals surface area contributed by atoms with E-state index < -0.39 is 17.8 Å². The molecule has 0 aromatic heterocycles. The number of imide groups is 1. The van der Waals surface area contributed by atoms with Gasteiger partial charge >= 0.3 is 5.97 Å². The Bertz CT molecular complexity index is 1960. The summed E-state index contributed by atoms with van der Waals surface area (Å²) in [6.07, 6.45) is 1.47. The van der Waals surface area contributed by atoms with E-state index in [0.717, 1.165) is 49.8 Å². The molecule has 0 radical (unpaired) electrons. The summed E-state index contributed by atoms with van der Waals surface area (Å²) in [6.45, 7) is 0. The van der Waals surface area contributed by atoms with Crippen molar-refractivity contribution in [3.8, 4) is 0 Å². The lowest BCUT2D eigenvalue weighted by Gasteiger charge is -2.28. The van der Waals surface area contributed by atoms with E-state index in [4.69, 9.17) is 0 Å². The standard InChI is InChI=1S/C31H15NO6/c33-13-16-3-7-19-21-9-11-23-28-24(30(36)32(29(23)35)18-5-1-15(2-6-18)31(37)38)12-10-22(27(21)28)20-8-4-17(14-34)25(16)26(19)20/h1-14H,(H,37,38). The molecule has 7 rings (SSSR count). The van der Waals surface area contributed by atoms with Gasteiger partial charge in [-0.25, -0.2) is 9.69 Å². The van der Waals surface area contributed by atoms with Gasteiger partial charge in [0, 0.05) is 33.0 Å². The fourth-order valence-corrected chi connectivity index (χ4v) is 5.82. The molecule has 1 aliphatic rings. The van der Waals surface area contributed by atoms with Crippen molar-refractivity contribution in [1.82, 2.24) is 0 Å². The highest BCUT2D eigenvalue weighted by molar-refractivity contribution is 6.42. The Morgan fingerprint density at radius 1 is 0.579 bits per heavy atom. The SMILES string of the molecule is O=Cc1ccc2c3ccc4c5c(ccc(c6ccc(C=O)c1c26)c53)C(=O)N(c1ccc(C(=O)O)cc1)C4=O. The first kappa shape index (κ1) is 21.8. The number of carbonyl (C=O) groups is 5. The molecule has 0 atom stereocenters. The van der Waals surface area contributed by atoms with Gasteiger partial charge in [-0.2, -0.15) is 0 Å². The third-order valence-electron chi connectivity index (χ3n) is 7.46. The van der Waals surface area contributed by atoms with Crippen LogP contribution < -0.4 is 4.90 Å². The second-order valence-electron chi connectivity index (χ2n) is 9.26. The molecule has 0 fully saturated rings. The van der Waals surface area contributed by atoms with E-state index in [1.165, 1.54) is 24.3 Å². The molecule has 0 aliphatic carbocycles. The van der Waals surface area contributed by atoms with Gasteiger partial charge in [0.2, 0.25) is 0 Å². The van der Waals surface area contributed by atoms with Gasteiger partial charge in [-0.1, -0.05) is 36.4 Å². The number of aldehydes is 2. The number of anilines is 1. The molecule has 1 aliphatic heterocycles. The van der Waals surface area contributed by atoms with Gasteiger partial charge in [0.05, 0.1) is 11.3 Å². The Labute approximate surface area is 213 Å². The Balaban J connectivity index is 1.56. The summed E-state index contributed by atoms with van der Waals surface area (Å²) >= 11 is 0. The molecule has 7 nitrogen and oxygen atoms in total. The van der Waals surface area contributed by atoms with Crippen molar-refractivity contribution in [2.75, 3.05) is 4.90 Å². The predicted octanol–water partition coefficient (Wildman–Crippen LogP) is 5.86. The predicted molar refractivity (Wildman–Crippen MR) is 143 cm³/mol. The van der Waals surface area contributed by atoms with Crippen molar-refractivity contribution < 1.29 is 29.1 Å². The molecule has 0 spiro atoms. The minimum Gasteiger partial charge on any atom is -0.478 e. The van der Waals surface area contributed by atoms with Crippen molar-refractivity contribution in [3.05, 3.63) is 101 Å². The van der Waals surface area contributed by atoms with Crippen LogP contribution in [-0.4, -0.2) is 35.5 Å². The summed E-state index contributed by atoms with van der Waals surface area (Å²) in [5, 5.41) is 15.1. The zero-order chi connectivity index (χ0) is 26.3. The number of amides is 2. The lowest BCUT2D eigenvalue weighted by atomic mass is 9.83. The van der Waals surface area contributed by atoms with Crippen LogP contribution in [0, 0.1) is 0 Å². The molecule has 6 aromatic carbocycles. The van der Waals surface area contributed by atoms with E-state index in [1.807, 2.05) is 24.3 Å². The smallest absolute Gasteiger partial charge is 0.335 e. The third kappa shape index (κ3) is 2.64. The Morgan fingerprint density at radius 3 is 1.47 bits per heavy atom. The minimum absolute atomic E-state index is 0.0490. The normalized spacial score (nSPS) is 13.2. The van der Waals surface area contributed by atoms with Crippen LogP contribution in [0.15, 0.2) is 72.8 Å². The number of benzene rings is 6. The van der Waals surface area contributed by atoms with Crippen LogP contribution in [-0.2, 0) is 0 Å². The number of aromatic carboxylic acids is 1. The molecule has 0 unspecified atom stereocenters. The highest BCUT2D eigenvalue weighted by Crippen LogP contribution is 2.45. The average Bonchev–Trinajstić information content (AvgIpc) is 2.94. The lowest BCUT2D eigenvalue weighted by Crippen LogP contribution is -2.40. The minimum atomic E-state index is -1.10. The third-order valence-corrected chi connectivity index (χ3v) is 7.46. The summed E-state index contributed by atoms with van der Waals surface area (Å²) in [5.74, 6) is -2.11. The molecule has 38 heavy (non-hydrogen) atoms. The maximum atomic E-state index is 13.7. The number of rotatable bonds is 4. The maximum Gasteiger partial charge on any atom is 0.335 e. The number of fused-ring (bicyclic) bond motifs is 2. The van der Waals surface area contributed by atoms with Crippen LogP contribution in [0.25, 0.3) is 43.1 Å². The zero-order valence-corrected chi connectivity index (χ0v) is 19.5. The van der Waals surface area contributed by atoms with Gasteiger partial charge in [-0.3, -0.25) is 19.2 Å². The van der Waals surface area contributed by atoms with Gasteiger partial charge in [0.1, 0.15) is 0 Å². The molecule has 1 heterocycles. The van der Waals surface area contributed by atoms with E-state index in [-0.39, 0.29) is 11.3 Å². The van der Waals surface area contributed by atoms with Crippen molar-refractivity contribution >= 4 is 79.1 Å². The van der Waals surface area contributed by atoms with Crippen LogP contribution in [0.2, 0.25) is 0 Å². The van der Waals surface area contributed by atoms with E-state index in [1.54, 1.807) is 24.3 Å². The number of carbonyl (C=O) groups excluding carboxylic acids is 4. The summed E-state index contributed by atoms with van der Waals surface area (Å²) in [6, 6.07) is 19.7. The van der Waals surface area contributed by atoms with Crippen molar-refractivity contribution in [2.24, 2.45) is 0 Å². The zero-order valence-electron chi connectivity index (χ0n) is 19.5. The molecule has 7 heteroatoms. The summed E-state index contributed by atoms with van der Waals surface area (Å²) in [5.41, 5.74) is 1.87. The average molecular weight is 497 g/mol. The fraction of sp³-hybridized carbons (Fsp3) is 0. The molecule has 6 aromatic rings. The second-order valence-corrected chi connectivity index (χ2v) is 9.26. The van der Waals surface area contributed by atoms with Gasteiger partial charge in [0.25, 0.3) is 11.8 Å². The molecule has 0 bridgehead atoms. The van der Waals surface area contributed by atoms with E-state index >= 15 is 0 Å². The molecule has 180 valence electrons. The van der Waals surface area contributed by atoms with Crippen LogP contribution in [0.5, 0.6) is 0 Å². The van der Waals surface area contributed by atoms with Gasteiger partial charge in [-0.15, -0.1) is 0 Å². The number of hydrogen-bond donors (Lipinski definition) is 1. The van der Waals surface area contributed by atoms with Gasteiger partial charge in [0.15, 0.2) is 12.6 Å². The largest absolute Gasteiger partial charge is 0.478 e. The molecule has 0 saturated carbocycles. The fourth-order valence-electron chi connectivity index (χ4n) is 5.82. The monoisotopic (exact) mass is 497 g/mol. The first-order valence-corrected chi connectivity index (χ1v) is 11.8. The number of nitrogens with zero attached hydrogens (tertiary/aromatic N) is 1. The molecular formula is C31H15NO6. The lowest BCUT2D eigenvalue weighted by molar-refractivity contribution is 0.0696. The number of carboxylic acid groups (broad SMARTS) is 1. The van der Waals surface area contributed by atoms with Crippen LogP contribution >= 0.6 is 0 Å². The topological polar surface area (TPSA) is 109 Å². The van der Waals surface area contributed by atoms with Crippen LogP contribution in [0.1, 0.15) is 51.8 Å². The molecular weight excluding hydrogens is 482 g/mol. The molecule has 2 amide bonds. The van der Waals surface area contributed by atoms with Gasteiger partial charge in [-0.05, 0) is 68.7 Å². The highest BCUT2D eigenvalue weighted by atomic mass is 16.4. The Morgan fingerprint density at radius 2 is 1.03 bits per heavy atom. The summed E-state index contributed by atoms with van der Waals surface area (Å²) in [4.78, 5) is 63.3. The Hall–Kier alpha value is -5.43. The number of carboxylic acids is 1. The van der Waals surface area contributed by atoms with E-state index in [0.29, 0.717) is 33.0 Å². The first-order valence-electron chi connectivity index (χ1n) is 11.8. The van der Waals surface area contributed by atoms with Crippen LogP contribution in [0.4, 0.5) is 5.69 Å². The van der Waals surface area contributed by atoms with E-state index in [2.05, 4.69) is 0 Å². The second kappa shape index (κ2) is 7.54. The molecule has 0 saturated heterocycles. The quantitative estimate of drug-likeness (QED) is 0.141. The Kier molecular flexibility index (Phi) is 4.33. The van der Waals surface area contributed by atoms with Crippen molar-refractivity contribution in [2.45, 2.75) is 0 Å².